The Labute approximate surface area is 138 Å². The van der Waals surface area contributed by atoms with Crippen LogP contribution in [-0.4, -0.2) is 11.9 Å². The molecular formula is C20H25N2O+. The molecule has 2 atom stereocenters. The van der Waals surface area contributed by atoms with Crippen LogP contribution in [0.4, 0.5) is 5.69 Å². The lowest BCUT2D eigenvalue weighted by molar-refractivity contribution is -0.714. The van der Waals surface area contributed by atoms with Crippen molar-refractivity contribution in [1.82, 2.24) is 0 Å². The fourth-order valence-electron chi connectivity index (χ4n) is 3.41. The minimum atomic E-state index is -0.105. The predicted octanol–water partition coefficient (Wildman–Crippen LogP) is 2.96. The van der Waals surface area contributed by atoms with E-state index in [9.17, 15) is 4.79 Å². The standard InChI is InChI=1S/C20H24N2O/c1-14-7-5-10-17(13-14)22-20(23)15(2)21-19-12-6-9-16-8-3-4-11-18(16)19/h3-5,7-8,10-11,13,15,19,21H,6,9,12H2,1-2H3,(H,22,23)/p+1/t15-,19+/m1/s1. The van der Waals surface area contributed by atoms with Gasteiger partial charge in [-0.05, 0) is 49.9 Å². The number of nitrogens with two attached hydrogens (primary N) is 1. The number of quaternary nitrogens is 1. The van der Waals surface area contributed by atoms with E-state index in [1.54, 1.807) is 0 Å². The van der Waals surface area contributed by atoms with Crippen LogP contribution >= 0.6 is 0 Å². The molecule has 0 fully saturated rings. The number of nitrogens with one attached hydrogen (secondary N) is 1. The highest BCUT2D eigenvalue weighted by molar-refractivity contribution is 5.93. The first-order valence-electron chi connectivity index (χ1n) is 8.44. The van der Waals surface area contributed by atoms with E-state index in [-0.39, 0.29) is 11.9 Å². The molecule has 0 saturated heterocycles. The molecule has 3 rings (SSSR count). The van der Waals surface area contributed by atoms with Crippen LogP contribution in [0.5, 0.6) is 0 Å². The van der Waals surface area contributed by atoms with Gasteiger partial charge in [-0.1, -0.05) is 36.4 Å². The fourth-order valence-corrected chi connectivity index (χ4v) is 3.41. The molecule has 0 spiro atoms. The van der Waals surface area contributed by atoms with Crippen LogP contribution in [0, 0.1) is 6.92 Å². The van der Waals surface area contributed by atoms with E-state index in [0.29, 0.717) is 6.04 Å². The summed E-state index contributed by atoms with van der Waals surface area (Å²) < 4.78 is 0. The Bertz CT molecular complexity index is 696. The van der Waals surface area contributed by atoms with E-state index in [0.717, 1.165) is 24.1 Å². The zero-order valence-corrected chi connectivity index (χ0v) is 13.9. The number of amides is 1. The average molecular weight is 309 g/mol. The minimum Gasteiger partial charge on any atom is -0.330 e. The lowest BCUT2D eigenvalue weighted by atomic mass is 9.87. The van der Waals surface area contributed by atoms with Crippen LogP contribution in [0.15, 0.2) is 48.5 Å². The van der Waals surface area contributed by atoms with Crippen molar-refractivity contribution in [3.05, 3.63) is 65.2 Å². The number of fused-ring (bicyclic) bond motifs is 1. The molecule has 0 saturated carbocycles. The average Bonchev–Trinajstić information content (AvgIpc) is 2.55. The topological polar surface area (TPSA) is 45.7 Å². The van der Waals surface area contributed by atoms with Crippen LogP contribution in [0.1, 0.15) is 42.5 Å². The maximum Gasteiger partial charge on any atom is 0.282 e. The van der Waals surface area contributed by atoms with Gasteiger partial charge in [-0.15, -0.1) is 0 Å². The van der Waals surface area contributed by atoms with E-state index in [1.165, 1.54) is 17.5 Å². The summed E-state index contributed by atoms with van der Waals surface area (Å²) in [5.41, 5.74) is 4.86. The normalized spacial score (nSPS) is 18.1. The van der Waals surface area contributed by atoms with Crippen molar-refractivity contribution in [3.63, 3.8) is 0 Å². The summed E-state index contributed by atoms with van der Waals surface area (Å²) in [5.74, 6) is 0.0682. The molecule has 2 aromatic carbocycles. The molecule has 23 heavy (non-hydrogen) atoms. The summed E-state index contributed by atoms with van der Waals surface area (Å²) in [6, 6.07) is 16.9. The van der Waals surface area contributed by atoms with Crippen molar-refractivity contribution in [2.75, 3.05) is 5.32 Å². The molecule has 2 aromatic rings. The summed E-state index contributed by atoms with van der Waals surface area (Å²) in [5, 5.41) is 5.24. The number of hydrogen-bond acceptors (Lipinski definition) is 1. The van der Waals surface area contributed by atoms with E-state index in [1.807, 2.05) is 38.1 Å². The molecular weight excluding hydrogens is 284 g/mol. The number of anilines is 1. The van der Waals surface area contributed by atoms with E-state index >= 15 is 0 Å². The minimum absolute atomic E-state index is 0.0682. The van der Waals surface area contributed by atoms with Crippen molar-refractivity contribution >= 4 is 11.6 Å². The molecule has 1 amide bonds. The Morgan fingerprint density at radius 3 is 2.87 bits per heavy atom. The zero-order valence-electron chi connectivity index (χ0n) is 13.9. The third-order valence-corrected chi connectivity index (χ3v) is 4.64. The smallest absolute Gasteiger partial charge is 0.282 e. The van der Waals surface area contributed by atoms with Crippen LogP contribution < -0.4 is 10.6 Å². The predicted molar refractivity (Wildman–Crippen MR) is 93.3 cm³/mol. The summed E-state index contributed by atoms with van der Waals surface area (Å²) in [7, 11) is 0. The van der Waals surface area contributed by atoms with Crippen molar-refractivity contribution in [3.8, 4) is 0 Å². The van der Waals surface area contributed by atoms with Gasteiger partial charge in [0.1, 0.15) is 6.04 Å². The molecule has 1 aliphatic rings. The van der Waals surface area contributed by atoms with Gasteiger partial charge in [-0.3, -0.25) is 4.79 Å². The Hall–Kier alpha value is -2.13. The van der Waals surface area contributed by atoms with E-state index < -0.39 is 0 Å². The van der Waals surface area contributed by atoms with Crippen LogP contribution in [0.2, 0.25) is 0 Å². The van der Waals surface area contributed by atoms with E-state index in [4.69, 9.17) is 0 Å². The van der Waals surface area contributed by atoms with Crippen molar-refractivity contribution < 1.29 is 10.1 Å². The third-order valence-electron chi connectivity index (χ3n) is 4.64. The first kappa shape index (κ1) is 15.8. The Morgan fingerprint density at radius 2 is 2.04 bits per heavy atom. The Morgan fingerprint density at radius 1 is 1.22 bits per heavy atom. The molecule has 0 bridgehead atoms. The first-order valence-corrected chi connectivity index (χ1v) is 8.44. The summed E-state index contributed by atoms with van der Waals surface area (Å²) >= 11 is 0. The highest BCUT2D eigenvalue weighted by Gasteiger charge is 2.27. The maximum atomic E-state index is 12.5. The molecule has 0 unspecified atom stereocenters. The largest absolute Gasteiger partial charge is 0.330 e. The van der Waals surface area contributed by atoms with Gasteiger partial charge >= 0.3 is 0 Å². The molecule has 0 aromatic heterocycles. The van der Waals surface area contributed by atoms with Gasteiger partial charge in [-0.2, -0.15) is 0 Å². The molecule has 3 nitrogen and oxygen atoms in total. The van der Waals surface area contributed by atoms with Crippen molar-refractivity contribution in [2.45, 2.75) is 45.2 Å². The molecule has 120 valence electrons. The summed E-state index contributed by atoms with van der Waals surface area (Å²) in [4.78, 5) is 12.5. The van der Waals surface area contributed by atoms with Crippen LogP contribution in [0.25, 0.3) is 0 Å². The number of carbonyl (C=O) groups is 1. The fraction of sp³-hybridized carbons (Fsp3) is 0.350. The van der Waals surface area contributed by atoms with Crippen LogP contribution in [-0.2, 0) is 11.2 Å². The Balaban J connectivity index is 1.65. The molecule has 1 aliphatic carbocycles. The molecule has 0 aliphatic heterocycles. The number of benzene rings is 2. The second-order valence-corrected chi connectivity index (χ2v) is 6.54. The van der Waals surface area contributed by atoms with Gasteiger partial charge in [0.05, 0.1) is 0 Å². The van der Waals surface area contributed by atoms with Crippen molar-refractivity contribution in [2.24, 2.45) is 0 Å². The van der Waals surface area contributed by atoms with Gasteiger partial charge in [-0.25, -0.2) is 0 Å². The third kappa shape index (κ3) is 3.80. The number of aryl methyl sites for hydroxylation is 2. The summed E-state index contributed by atoms with van der Waals surface area (Å²) in [6.45, 7) is 4.02. The molecule has 3 N–H and O–H groups in total. The van der Waals surface area contributed by atoms with Crippen molar-refractivity contribution in [1.29, 1.82) is 0 Å². The zero-order chi connectivity index (χ0) is 16.2. The van der Waals surface area contributed by atoms with Gasteiger partial charge in [0.15, 0.2) is 6.04 Å². The van der Waals surface area contributed by atoms with Gasteiger partial charge in [0.2, 0.25) is 0 Å². The van der Waals surface area contributed by atoms with Crippen LogP contribution in [0.3, 0.4) is 0 Å². The maximum absolute atomic E-state index is 12.5. The highest BCUT2D eigenvalue weighted by Crippen LogP contribution is 2.26. The lowest BCUT2D eigenvalue weighted by Crippen LogP contribution is -2.92. The van der Waals surface area contributed by atoms with Gasteiger partial charge in [0.25, 0.3) is 5.91 Å². The first-order chi connectivity index (χ1) is 11.1. The lowest BCUT2D eigenvalue weighted by Gasteiger charge is -2.26. The molecule has 3 heteroatoms. The van der Waals surface area contributed by atoms with E-state index in [2.05, 4.69) is 34.9 Å². The van der Waals surface area contributed by atoms with Gasteiger partial charge in [0, 0.05) is 17.7 Å². The van der Waals surface area contributed by atoms with Gasteiger partial charge < -0.3 is 10.6 Å². The molecule has 0 heterocycles. The Kier molecular flexibility index (Phi) is 4.77. The quantitative estimate of drug-likeness (QED) is 0.896. The number of carbonyl (C=O) groups excluding carboxylic acids is 1. The SMILES string of the molecule is Cc1cccc(NC(=O)[C@@H](C)[NH2+][C@H]2CCCc3ccccc32)c1. The number of hydrogen-bond donors (Lipinski definition) is 2. The number of rotatable bonds is 4. The molecule has 0 radical (unpaired) electrons. The highest BCUT2D eigenvalue weighted by atomic mass is 16.2. The monoisotopic (exact) mass is 309 g/mol. The second-order valence-electron chi connectivity index (χ2n) is 6.54. The second kappa shape index (κ2) is 6.97. The summed E-state index contributed by atoms with van der Waals surface area (Å²) in [6.07, 6.45) is 3.49.